The lowest BCUT2D eigenvalue weighted by Crippen LogP contribution is -1.76. The first-order valence-corrected chi connectivity index (χ1v) is 7.28. The van der Waals surface area contributed by atoms with Gasteiger partial charge in [-0.25, -0.2) is 9.97 Å². The summed E-state index contributed by atoms with van der Waals surface area (Å²) in [7, 11) is 0. The second-order valence-corrected chi connectivity index (χ2v) is 5.62. The summed E-state index contributed by atoms with van der Waals surface area (Å²) in [6.07, 6.45) is 3.89. The molecule has 0 amide bonds. The zero-order valence-corrected chi connectivity index (χ0v) is 12.5. The van der Waals surface area contributed by atoms with E-state index in [4.69, 9.17) is 0 Å². The van der Waals surface area contributed by atoms with Gasteiger partial charge in [-0.2, -0.15) is 0 Å². The normalized spacial score (nSPS) is 11.9. The molecule has 4 heteroatoms. The van der Waals surface area contributed by atoms with Crippen LogP contribution in [0.4, 0.5) is 0 Å². The average Bonchev–Trinajstić information content (AvgIpc) is 3.07. The van der Waals surface area contributed by atoms with Crippen LogP contribution in [0.15, 0.2) is 36.4 Å². The van der Waals surface area contributed by atoms with E-state index in [2.05, 4.69) is 58.0 Å². The number of aromatic nitrogens is 4. The van der Waals surface area contributed by atoms with Crippen molar-refractivity contribution in [3.05, 3.63) is 59.2 Å². The van der Waals surface area contributed by atoms with E-state index in [9.17, 15) is 0 Å². The molecule has 0 bridgehead atoms. The van der Waals surface area contributed by atoms with Crippen LogP contribution in [0.3, 0.4) is 0 Å². The van der Waals surface area contributed by atoms with Crippen LogP contribution >= 0.6 is 0 Å². The Morgan fingerprint density at radius 3 is 1.64 bits per heavy atom. The fourth-order valence-electron chi connectivity index (χ4n) is 2.60. The molecule has 0 atom stereocenters. The standard InChI is InChI=1S/C18H16N4/c1-11-3-5-13-15(9-11)21-17(19-13)7-8-18-20-14-6-4-12(2)10-16(14)22-18/h3-10H,1-2H3,(H,19,21)(H,20,22)/b8-7+. The lowest BCUT2D eigenvalue weighted by molar-refractivity contribution is 1.27. The molecule has 2 aromatic heterocycles. The van der Waals surface area contributed by atoms with Gasteiger partial charge >= 0.3 is 0 Å². The van der Waals surface area contributed by atoms with E-state index in [-0.39, 0.29) is 0 Å². The molecule has 22 heavy (non-hydrogen) atoms. The number of benzene rings is 2. The molecular formula is C18H16N4. The minimum atomic E-state index is 0.831. The fraction of sp³-hybridized carbons (Fsp3) is 0.111. The van der Waals surface area contributed by atoms with Crippen molar-refractivity contribution in [1.29, 1.82) is 0 Å². The van der Waals surface area contributed by atoms with Crippen LogP contribution < -0.4 is 0 Å². The van der Waals surface area contributed by atoms with Crippen molar-refractivity contribution < 1.29 is 0 Å². The molecule has 0 aliphatic carbocycles. The number of hydrogen-bond donors (Lipinski definition) is 2. The predicted octanol–water partition coefficient (Wildman–Crippen LogP) is 4.23. The third-order valence-electron chi connectivity index (χ3n) is 3.71. The third-order valence-corrected chi connectivity index (χ3v) is 3.71. The van der Waals surface area contributed by atoms with Crippen molar-refractivity contribution in [2.24, 2.45) is 0 Å². The molecule has 4 aromatic rings. The summed E-state index contributed by atoms with van der Waals surface area (Å²) in [5.41, 5.74) is 6.51. The van der Waals surface area contributed by atoms with E-state index in [1.165, 1.54) is 11.1 Å². The van der Waals surface area contributed by atoms with Gasteiger partial charge in [0.2, 0.25) is 0 Å². The smallest absolute Gasteiger partial charge is 0.131 e. The predicted molar refractivity (Wildman–Crippen MR) is 90.6 cm³/mol. The van der Waals surface area contributed by atoms with Gasteiger partial charge in [-0.1, -0.05) is 12.1 Å². The highest BCUT2D eigenvalue weighted by Gasteiger charge is 2.02. The number of imidazole rings is 2. The fourth-order valence-corrected chi connectivity index (χ4v) is 2.60. The highest BCUT2D eigenvalue weighted by Crippen LogP contribution is 2.16. The van der Waals surface area contributed by atoms with Gasteiger partial charge in [-0.05, 0) is 61.4 Å². The van der Waals surface area contributed by atoms with Crippen LogP contribution in [0.5, 0.6) is 0 Å². The Morgan fingerprint density at radius 2 is 1.18 bits per heavy atom. The van der Waals surface area contributed by atoms with Crippen molar-refractivity contribution in [2.45, 2.75) is 13.8 Å². The molecular weight excluding hydrogens is 272 g/mol. The van der Waals surface area contributed by atoms with E-state index in [1.807, 2.05) is 24.3 Å². The van der Waals surface area contributed by atoms with Gasteiger partial charge in [0.1, 0.15) is 11.6 Å². The number of fused-ring (bicyclic) bond motifs is 2. The van der Waals surface area contributed by atoms with Gasteiger partial charge in [0, 0.05) is 0 Å². The average molecular weight is 288 g/mol. The quantitative estimate of drug-likeness (QED) is 0.580. The molecule has 0 unspecified atom stereocenters. The zero-order chi connectivity index (χ0) is 15.1. The maximum Gasteiger partial charge on any atom is 0.131 e. The minimum absolute atomic E-state index is 0.831. The summed E-state index contributed by atoms with van der Waals surface area (Å²) >= 11 is 0. The molecule has 0 aliphatic heterocycles. The molecule has 0 spiro atoms. The van der Waals surface area contributed by atoms with Gasteiger partial charge in [0.05, 0.1) is 22.1 Å². The summed E-state index contributed by atoms with van der Waals surface area (Å²) < 4.78 is 0. The number of aryl methyl sites for hydroxylation is 2. The number of nitrogens with zero attached hydrogens (tertiary/aromatic N) is 2. The number of aromatic amines is 2. The van der Waals surface area contributed by atoms with Crippen molar-refractivity contribution in [1.82, 2.24) is 19.9 Å². The summed E-state index contributed by atoms with van der Waals surface area (Å²) in [5, 5.41) is 0. The second kappa shape index (κ2) is 4.84. The Hall–Kier alpha value is -2.88. The largest absolute Gasteiger partial charge is 0.338 e. The lowest BCUT2D eigenvalue weighted by atomic mass is 10.2. The van der Waals surface area contributed by atoms with Crippen molar-refractivity contribution >= 4 is 34.2 Å². The van der Waals surface area contributed by atoms with E-state index in [0.29, 0.717) is 0 Å². The van der Waals surface area contributed by atoms with E-state index in [0.717, 1.165) is 33.7 Å². The molecule has 0 saturated carbocycles. The highest BCUT2D eigenvalue weighted by molar-refractivity contribution is 5.81. The SMILES string of the molecule is Cc1ccc2nc(/C=C/c3nc4ccc(C)cc4[nH]3)[nH]c2c1. The summed E-state index contributed by atoms with van der Waals surface area (Å²) in [5.74, 6) is 1.66. The first-order chi connectivity index (χ1) is 10.7. The monoisotopic (exact) mass is 288 g/mol. The molecule has 2 aromatic carbocycles. The maximum atomic E-state index is 4.55. The molecule has 2 heterocycles. The molecule has 108 valence electrons. The molecule has 2 N–H and O–H groups in total. The molecule has 4 nitrogen and oxygen atoms in total. The summed E-state index contributed by atoms with van der Waals surface area (Å²) in [6.45, 7) is 4.15. The van der Waals surface area contributed by atoms with Gasteiger partial charge in [-0.3, -0.25) is 0 Å². The lowest BCUT2D eigenvalue weighted by Gasteiger charge is -1.89. The number of nitrogens with one attached hydrogen (secondary N) is 2. The third kappa shape index (κ3) is 2.29. The summed E-state index contributed by atoms with van der Waals surface area (Å²) in [4.78, 5) is 15.7. The maximum absolute atomic E-state index is 4.55. The Balaban J connectivity index is 1.68. The molecule has 4 rings (SSSR count). The van der Waals surface area contributed by atoms with Crippen LogP contribution in [0.1, 0.15) is 22.8 Å². The van der Waals surface area contributed by atoms with Gasteiger partial charge in [0.25, 0.3) is 0 Å². The zero-order valence-electron chi connectivity index (χ0n) is 12.5. The van der Waals surface area contributed by atoms with Crippen molar-refractivity contribution in [3.63, 3.8) is 0 Å². The van der Waals surface area contributed by atoms with E-state index in [1.54, 1.807) is 0 Å². The Morgan fingerprint density at radius 1 is 0.727 bits per heavy atom. The first kappa shape index (κ1) is 12.8. The van der Waals surface area contributed by atoms with Gasteiger partial charge < -0.3 is 9.97 Å². The van der Waals surface area contributed by atoms with Crippen LogP contribution in [-0.2, 0) is 0 Å². The summed E-state index contributed by atoms with van der Waals surface area (Å²) in [6, 6.07) is 12.4. The number of rotatable bonds is 2. The van der Waals surface area contributed by atoms with Crippen LogP contribution in [0.2, 0.25) is 0 Å². The second-order valence-electron chi connectivity index (χ2n) is 5.62. The first-order valence-electron chi connectivity index (χ1n) is 7.28. The Bertz CT molecular complexity index is 922. The van der Waals surface area contributed by atoms with Crippen LogP contribution in [0, 0.1) is 13.8 Å². The van der Waals surface area contributed by atoms with Crippen molar-refractivity contribution in [2.75, 3.05) is 0 Å². The Kier molecular flexibility index (Phi) is 2.82. The number of hydrogen-bond acceptors (Lipinski definition) is 2. The van der Waals surface area contributed by atoms with Gasteiger partial charge in [0.15, 0.2) is 0 Å². The van der Waals surface area contributed by atoms with Crippen LogP contribution in [0.25, 0.3) is 34.2 Å². The molecule has 0 radical (unpaired) electrons. The topological polar surface area (TPSA) is 57.4 Å². The van der Waals surface area contributed by atoms with E-state index < -0.39 is 0 Å². The van der Waals surface area contributed by atoms with Crippen LogP contribution in [-0.4, -0.2) is 19.9 Å². The van der Waals surface area contributed by atoms with E-state index >= 15 is 0 Å². The molecule has 0 fully saturated rings. The molecule has 0 saturated heterocycles. The highest BCUT2D eigenvalue weighted by atomic mass is 14.9. The Labute approximate surface area is 127 Å². The molecule has 0 aliphatic rings. The minimum Gasteiger partial charge on any atom is -0.338 e. The number of H-pyrrole nitrogens is 2. The van der Waals surface area contributed by atoms with Gasteiger partial charge in [-0.15, -0.1) is 0 Å². The van der Waals surface area contributed by atoms with Crippen molar-refractivity contribution in [3.8, 4) is 0 Å².